The van der Waals surface area contributed by atoms with E-state index in [1.54, 1.807) is 0 Å². The van der Waals surface area contributed by atoms with Crippen LogP contribution in [-0.4, -0.2) is 20.2 Å². The SMILES string of the molecule is Br[C@@H]1[C@H]2CC[C@@H](C2)[C@H]1SS[C@H]1[C@H]2CC[C@@H](C2)[C@@H]1Br. The zero-order valence-corrected chi connectivity index (χ0v) is 15.2. The maximum absolute atomic E-state index is 3.98. The van der Waals surface area contributed by atoms with Crippen LogP contribution in [0.25, 0.3) is 0 Å². The highest BCUT2D eigenvalue weighted by Gasteiger charge is 2.50. The maximum Gasteiger partial charge on any atom is 0.0307 e. The van der Waals surface area contributed by atoms with Gasteiger partial charge >= 0.3 is 0 Å². The van der Waals surface area contributed by atoms with Crippen LogP contribution in [0.1, 0.15) is 38.5 Å². The maximum atomic E-state index is 3.98. The molecule has 4 saturated carbocycles. The summed E-state index contributed by atoms with van der Waals surface area (Å²) in [6.07, 6.45) is 8.97. The van der Waals surface area contributed by atoms with Gasteiger partial charge in [0.25, 0.3) is 0 Å². The van der Waals surface area contributed by atoms with Crippen LogP contribution < -0.4 is 0 Å². The highest BCUT2D eigenvalue weighted by molar-refractivity contribution is 9.10. The fourth-order valence-electron chi connectivity index (χ4n) is 4.73. The molecule has 8 atom stereocenters. The molecule has 0 aromatic rings. The summed E-state index contributed by atoms with van der Waals surface area (Å²) in [6.45, 7) is 0. The van der Waals surface area contributed by atoms with E-state index < -0.39 is 0 Å². The van der Waals surface area contributed by atoms with Gasteiger partial charge in [0.15, 0.2) is 0 Å². The first-order valence-corrected chi connectivity index (χ1v) is 11.4. The van der Waals surface area contributed by atoms with Crippen molar-refractivity contribution in [1.82, 2.24) is 0 Å². The van der Waals surface area contributed by atoms with E-state index in [1.165, 1.54) is 38.5 Å². The lowest BCUT2D eigenvalue weighted by Crippen LogP contribution is -2.27. The Kier molecular flexibility index (Phi) is 3.80. The van der Waals surface area contributed by atoms with Gasteiger partial charge in [-0.05, 0) is 62.2 Å². The van der Waals surface area contributed by atoms with Gasteiger partial charge < -0.3 is 0 Å². The molecule has 0 radical (unpaired) electrons. The van der Waals surface area contributed by atoms with Crippen LogP contribution in [0.4, 0.5) is 0 Å². The zero-order chi connectivity index (χ0) is 12.3. The van der Waals surface area contributed by atoms with Crippen LogP contribution in [0.2, 0.25) is 0 Å². The van der Waals surface area contributed by atoms with Gasteiger partial charge in [-0.3, -0.25) is 0 Å². The fourth-order valence-corrected chi connectivity index (χ4v) is 12.2. The van der Waals surface area contributed by atoms with Gasteiger partial charge in [-0.25, -0.2) is 0 Å². The first-order chi connectivity index (χ1) is 8.74. The molecular formula is C14H20Br2S2. The highest BCUT2D eigenvalue weighted by atomic mass is 79.9. The second kappa shape index (κ2) is 5.14. The Morgan fingerprint density at radius 3 is 1.33 bits per heavy atom. The molecule has 0 aliphatic heterocycles. The van der Waals surface area contributed by atoms with Crippen LogP contribution in [0.15, 0.2) is 0 Å². The molecule has 0 N–H and O–H groups in total. The lowest BCUT2D eigenvalue weighted by atomic mass is 10.0. The van der Waals surface area contributed by atoms with Gasteiger partial charge in [-0.15, -0.1) is 0 Å². The Morgan fingerprint density at radius 2 is 1.00 bits per heavy atom. The van der Waals surface area contributed by atoms with Crippen molar-refractivity contribution in [1.29, 1.82) is 0 Å². The molecule has 4 aliphatic rings. The van der Waals surface area contributed by atoms with Gasteiger partial charge in [0, 0.05) is 20.2 Å². The number of hydrogen-bond acceptors (Lipinski definition) is 2. The van der Waals surface area contributed by atoms with Crippen molar-refractivity contribution in [3.8, 4) is 0 Å². The van der Waals surface area contributed by atoms with E-state index in [4.69, 9.17) is 0 Å². The van der Waals surface area contributed by atoms with Gasteiger partial charge in [0.2, 0.25) is 0 Å². The predicted octanol–water partition coefficient (Wildman–Crippen LogP) is 5.49. The average molecular weight is 412 g/mol. The van der Waals surface area contributed by atoms with Crippen LogP contribution >= 0.6 is 53.4 Å². The molecule has 4 heteroatoms. The Bertz CT molecular complexity index is 302. The van der Waals surface area contributed by atoms with E-state index in [9.17, 15) is 0 Å². The summed E-state index contributed by atoms with van der Waals surface area (Å²) >= 11 is 7.96. The van der Waals surface area contributed by atoms with E-state index in [0.717, 1.165) is 43.8 Å². The smallest absolute Gasteiger partial charge is 0.0307 e. The Balaban J connectivity index is 1.36. The molecule has 0 unspecified atom stereocenters. The summed E-state index contributed by atoms with van der Waals surface area (Å²) in [6, 6.07) is 0. The number of alkyl halides is 2. The van der Waals surface area contributed by atoms with Crippen LogP contribution in [-0.2, 0) is 0 Å². The second-order valence-corrected chi connectivity index (χ2v) is 11.4. The molecule has 0 heterocycles. The summed E-state index contributed by atoms with van der Waals surface area (Å²) in [7, 11) is 4.47. The van der Waals surface area contributed by atoms with Gasteiger partial charge in [-0.2, -0.15) is 0 Å². The quantitative estimate of drug-likeness (QED) is 0.444. The summed E-state index contributed by atoms with van der Waals surface area (Å²) in [4.78, 5) is 1.61. The van der Waals surface area contributed by atoms with Crippen molar-refractivity contribution in [3.63, 3.8) is 0 Å². The lowest BCUT2D eigenvalue weighted by Gasteiger charge is -2.30. The molecule has 4 aliphatic carbocycles. The minimum absolute atomic E-state index is 0.807. The van der Waals surface area contributed by atoms with E-state index in [1.807, 2.05) is 0 Å². The first kappa shape index (κ1) is 13.3. The molecule has 102 valence electrons. The monoisotopic (exact) mass is 410 g/mol. The van der Waals surface area contributed by atoms with Crippen LogP contribution in [0, 0.1) is 23.7 Å². The molecule has 18 heavy (non-hydrogen) atoms. The van der Waals surface area contributed by atoms with Crippen molar-refractivity contribution in [2.45, 2.75) is 58.7 Å². The Labute approximate surface area is 135 Å². The van der Waals surface area contributed by atoms with E-state index in [2.05, 4.69) is 53.4 Å². The molecule has 0 amide bonds. The summed E-state index contributed by atoms with van der Waals surface area (Å²) in [5, 5.41) is 1.79. The standard InChI is InChI=1S/C14H20Br2S2/c15-11-7-1-3-9(5-7)13(11)17-18-14-10-4-2-8(6-10)12(14)16/h7-14H,1-6H2/t7-,8-,9-,10-,11-,12+,13-,14+/m0/s1. The van der Waals surface area contributed by atoms with E-state index in [0.29, 0.717) is 0 Å². The van der Waals surface area contributed by atoms with Gasteiger partial charge in [0.1, 0.15) is 0 Å². The topological polar surface area (TPSA) is 0 Å². The molecule has 0 nitrogen and oxygen atoms in total. The van der Waals surface area contributed by atoms with Crippen molar-refractivity contribution in [3.05, 3.63) is 0 Å². The molecule has 0 aromatic heterocycles. The largest absolute Gasteiger partial charge is 0.0889 e. The average Bonchev–Trinajstić information content (AvgIpc) is 3.08. The summed E-state index contributed by atoms with van der Waals surface area (Å²) in [5.41, 5.74) is 0. The fraction of sp³-hybridized carbons (Fsp3) is 1.00. The normalized spacial score (nSPS) is 57.7. The van der Waals surface area contributed by atoms with Crippen molar-refractivity contribution in [2.75, 3.05) is 0 Å². The number of halogens is 2. The molecule has 0 saturated heterocycles. The van der Waals surface area contributed by atoms with Crippen molar-refractivity contribution < 1.29 is 0 Å². The molecular weight excluding hydrogens is 392 g/mol. The minimum Gasteiger partial charge on any atom is -0.0889 e. The Morgan fingerprint density at radius 1 is 0.611 bits per heavy atom. The Hall–Kier alpha value is 1.66. The first-order valence-electron chi connectivity index (χ1n) is 7.34. The number of fused-ring (bicyclic) bond motifs is 4. The van der Waals surface area contributed by atoms with E-state index in [-0.39, 0.29) is 0 Å². The van der Waals surface area contributed by atoms with E-state index >= 15 is 0 Å². The molecule has 0 spiro atoms. The number of hydrogen-bond donors (Lipinski definition) is 0. The van der Waals surface area contributed by atoms with Crippen molar-refractivity contribution >= 4 is 53.4 Å². The minimum atomic E-state index is 0.807. The van der Waals surface area contributed by atoms with Crippen LogP contribution in [0.3, 0.4) is 0 Å². The third-order valence-electron chi connectivity index (χ3n) is 5.76. The van der Waals surface area contributed by atoms with Crippen molar-refractivity contribution in [2.24, 2.45) is 23.7 Å². The predicted molar refractivity (Wildman–Crippen MR) is 89.9 cm³/mol. The van der Waals surface area contributed by atoms with Gasteiger partial charge in [-0.1, -0.05) is 53.4 Å². The highest BCUT2D eigenvalue weighted by Crippen LogP contribution is 2.60. The summed E-state index contributed by atoms with van der Waals surface area (Å²) < 4.78 is 0. The third kappa shape index (κ3) is 2.07. The molecule has 4 rings (SSSR count). The third-order valence-corrected chi connectivity index (χ3v) is 12.7. The number of rotatable bonds is 3. The molecule has 4 bridgehead atoms. The van der Waals surface area contributed by atoms with Gasteiger partial charge in [0.05, 0.1) is 0 Å². The molecule has 0 aromatic carbocycles. The zero-order valence-electron chi connectivity index (χ0n) is 10.4. The second-order valence-electron chi connectivity index (χ2n) is 6.68. The lowest BCUT2D eigenvalue weighted by molar-refractivity contribution is 0.507. The summed E-state index contributed by atoms with van der Waals surface area (Å²) in [5.74, 6) is 4.02. The molecule has 4 fully saturated rings. The van der Waals surface area contributed by atoms with Crippen LogP contribution in [0.5, 0.6) is 0 Å².